The molecule has 14 heavy (non-hydrogen) atoms. The van der Waals surface area contributed by atoms with Crippen LogP contribution >= 0.6 is 0 Å². The van der Waals surface area contributed by atoms with Crippen molar-refractivity contribution in [2.24, 2.45) is 0 Å². The van der Waals surface area contributed by atoms with Gasteiger partial charge in [0.2, 0.25) is 5.72 Å². The lowest BCUT2D eigenvalue weighted by Crippen LogP contribution is -2.48. The van der Waals surface area contributed by atoms with Gasteiger partial charge < -0.3 is 9.84 Å². The highest BCUT2D eigenvalue weighted by Crippen LogP contribution is 2.17. The second kappa shape index (κ2) is 5.32. The Morgan fingerprint density at radius 1 is 1.57 bits per heavy atom. The van der Waals surface area contributed by atoms with Crippen LogP contribution in [0.4, 0.5) is 0 Å². The highest BCUT2D eigenvalue weighted by molar-refractivity contribution is 5.79. The molecule has 1 fully saturated rings. The fourth-order valence-corrected chi connectivity index (χ4v) is 1.54. The molecule has 0 aliphatic carbocycles. The summed E-state index contributed by atoms with van der Waals surface area (Å²) < 4.78 is 4.98. The fourth-order valence-electron chi connectivity index (χ4n) is 1.54. The zero-order valence-corrected chi connectivity index (χ0v) is 8.71. The van der Waals surface area contributed by atoms with Gasteiger partial charge in [0.25, 0.3) is 0 Å². The van der Waals surface area contributed by atoms with E-state index in [1.54, 1.807) is 0 Å². The molecule has 1 atom stereocenters. The van der Waals surface area contributed by atoms with Crippen molar-refractivity contribution in [3.8, 4) is 0 Å². The van der Waals surface area contributed by atoms with Crippen molar-refractivity contribution in [3.05, 3.63) is 0 Å². The van der Waals surface area contributed by atoms with E-state index >= 15 is 0 Å². The molecule has 0 radical (unpaired) electrons. The van der Waals surface area contributed by atoms with Gasteiger partial charge in [-0.25, -0.2) is 4.79 Å². The van der Waals surface area contributed by atoms with Gasteiger partial charge in [-0.3, -0.25) is 5.32 Å². The van der Waals surface area contributed by atoms with Crippen LogP contribution in [-0.2, 0) is 9.53 Å². The molecule has 1 heterocycles. The fraction of sp³-hybridized carbons (Fsp3) is 0.900. The summed E-state index contributed by atoms with van der Waals surface area (Å²) in [5.74, 6) is -0.522. The van der Waals surface area contributed by atoms with Crippen LogP contribution in [0.3, 0.4) is 0 Å². The Balaban J connectivity index is 2.20. The monoisotopic (exact) mass is 201 g/mol. The maximum atomic E-state index is 11.4. The Bertz CT molecular complexity index is 188. The zero-order chi connectivity index (χ0) is 10.4. The molecule has 1 aliphatic heterocycles. The third kappa shape index (κ3) is 2.96. The first-order chi connectivity index (χ1) is 6.69. The number of esters is 1. The Labute approximate surface area is 84.6 Å². The number of hydrogen-bond acceptors (Lipinski definition) is 4. The van der Waals surface area contributed by atoms with Gasteiger partial charge in [0.15, 0.2) is 0 Å². The number of ether oxygens (including phenoxy) is 1. The van der Waals surface area contributed by atoms with Crippen LogP contribution in [0.25, 0.3) is 0 Å². The van der Waals surface area contributed by atoms with Gasteiger partial charge in [0.05, 0.1) is 6.61 Å². The molecule has 2 N–H and O–H groups in total. The minimum absolute atomic E-state index is 0.413. The van der Waals surface area contributed by atoms with E-state index in [1.807, 2.05) is 0 Å². The molecule has 1 aliphatic rings. The van der Waals surface area contributed by atoms with Crippen molar-refractivity contribution in [3.63, 3.8) is 0 Å². The molecule has 0 bridgehead atoms. The number of unbranched alkanes of at least 4 members (excludes halogenated alkanes) is 2. The molecule has 0 aromatic carbocycles. The number of rotatable bonds is 5. The normalized spacial score (nSPS) is 26.4. The average Bonchev–Trinajstić information content (AvgIpc) is 2.61. The van der Waals surface area contributed by atoms with Gasteiger partial charge in [-0.15, -0.1) is 0 Å². The molecule has 0 spiro atoms. The molecule has 4 nitrogen and oxygen atoms in total. The summed E-state index contributed by atoms with van der Waals surface area (Å²) in [5.41, 5.74) is -1.41. The summed E-state index contributed by atoms with van der Waals surface area (Å²) in [5, 5.41) is 12.5. The lowest BCUT2D eigenvalue weighted by molar-refractivity contribution is -0.167. The maximum Gasteiger partial charge on any atom is 0.353 e. The largest absolute Gasteiger partial charge is 0.463 e. The van der Waals surface area contributed by atoms with E-state index in [9.17, 15) is 9.90 Å². The molecule has 0 saturated carbocycles. The molecule has 0 aromatic heterocycles. The molecule has 1 saturated heterocycles. The van der Waals surface area contributed by atoms with Crippen LogP contribution in [0.2, 0.25) is 0 Å². The van der Waals surface area contributed by atoms with Crippen molar-refractivity contribution in [1.29, 1.82) is 0 Å². The second-order valence-electron chi connectivity index (χ2n) is 3.73. The average molecular weight is 201 g/mol. The first kappa shape index (κ1) is 11.5. The van der Waals surface area contributed by atoms with E-state index in [4.69, 9.17) is 4.74 Å². The SMILES string of the molecule is CCCCCOC(=O)[C@]1(O)CCCN1. The minimum Gasteiger partial charge on any atom is -0.463 e. The molecule has 4 heteroatoms. The summed E-state index contributed by atoms with van der Waals surface area (Å²) in [6.45, 7) is 3.19. The van der Waals surface area contributed by atoms with Gasteiger partial charge in [-0.2, -0.15) is 0 Å². The number of aliphatic hydroxyl groups is 1. The Morgan fingerprint density at radius 2 is 2.36 bits per heavy atom. The molecular weight excluding hydrogens is 182 g/mol. The van der Waals surface area contributed by atoms with E-state index in [1.165, 1.54) is 0 Å². The van der Waals surface area contributed by atoms with Crippen LogP contribution in [0.1, 0.15) is 39.0 Å². The number of nitrogens with one attached hydrogen (secondary N) is 1. The van der Waals surface area contributed by atoms with Gasteiger partial charge >= 0.3 is 5.97 Å². The Kier molecular flexibility index (Phi) is 4.35. The molecule has 0 amide bonds. The Hall–Kier alpha value is -0.610. The number of carbonyl (C=O) groups excluding carboxylic acids is 1. The van der Waals surface area contributed by atoms with Crippen LogP contribution < -0.4 is 5.32 Å². The summed E-state index contributed by atoms with van der Waals surface area (Å²) in [6, 6.07) is 0. The predicted octanol–water partition coefficient (Wildman–Crippen LogP) is 0.792. The molecule has 0 aromatic rings. The Morgan fingerprint density at radius 3 is 2.93 bits per heavy atom. The smallest absolute Gasteiger partial charge is 0.353 e. The first-order valence-corrected chi connectivity index (χ1v) is 5.33. The highest BCUT2D eigenvalue weighted by atomic mass is 16.6. The van der Waals surface area contributed by atoms with E-state index in [-0.39, 0.29) is 0 Å². The summed E-state index contributed by atoms with van der Waals surface area (Å²) in [6.07, 6.45) is 4.30. The standard InChI is InChI=1S/C10H19NO3/c1-2-3-4-8-14-9(12)10(13)6-5-7-11-10/h11,13H,2-8H2,1H3/t10-/m1/s1. The van der Waals surface area contributed by atoms with Gasteiger partial charge in [-0.05, 0) is 19.4 Å². The topological polar surface area (TPSA) is 58.6 Å². The molecule has 82 valence electrons. The van der Waals surface area contributed by atoms with E-state index in [0.29, 0.717) is 19.6 Å². The molecule has 1 rings (SSSR count). The van der Waals surface area contributed by atoms with Crippen LogP contribution in [0.15, 0.2) is 0 Å². The third-order valence-electron chi connectivity index (χ3n) is 2.45. The van der Waals surface area contributed by atoms with Crippen LogP contribution in [0.5, 0.6) is 0 Å². The van der Waals surface area contributed by atoms with Gasteiger partial charge in [0, 0.05) is 6.42 Å². The van der Waals surface area contributed by atoms with Crippen molar-refractivity contribution < 1.29 is 14.6 Å². The summed E-state index contributed by atoms with van der Waals surface area (Å²) in [7, 11) is 0. The number of carbonyl (C=O) groups is 1. The van der Waals surface area contributed by atoms with Crippen LogP contribution in [0, 0.1) is 0 Å². The van der Waals surface area contributed by atoms with E-state index < -0.39 is 11.7 Å². The highest BCUT2D eigenvalue weighted by Gasteiger charge is 2.40. The number of hydrogen-bond donors (Lipinski definition) is 2. The summed E-state index contributed by atoms with van der Waals surface area (Å²) >= 11 is 0. The third-order valence-corrected chi connectivity index (χ3v) is 2.45. The molecular formula is C10H19NO3. The van der Waals surface area contributed by atoms with Crippen molar-refractivity contribution in [2.45, 2.75) is 44.8 Å². The molecule has 0 unspecified atom stereocenters. The van der Waals surface area contributed by atoms with Crippen molar-refractivity contribution in [2.75, 3.05) is 13.2 Å². The second-order valence-corrected chi connectivity index (χ2v) is 3.73. The van der Waals surface area contributed by atoms with Crippen molar-refractivity contribution in [1.82, 2.24) is 5.32 Å². The zero-order valence-electron chi connectivity index (χ0n) is 8.71. The lowest BCUT2D eigenvalue weighted by atomic mass is 10.2. The lowest BCUT2D eigenvalue weighted by Gasteiger charge is -2.20. The predicted molar refractivity (Wildman–Crippen MR) is 52.7 cm³/mol. The van der Waals surface area contributed by atoms with Gasteiger partial charge in [0.1, 0.15) is 0 Å². The van der Waals surface area contributed by atoms with E-state index in [2.05, 4.69) is 12.2 Å². The van der Waals surface area contributed by atoms with Crippen molar-refractivity contribution >= 4 is 5.97 Å². The first-order valence-electron chi connectivity index (χ1n) is 5.33. The maximum absolute atomic E-state index is 11.4. The summed E-state index contributed by atoms with van der Waals surface area (Å²) in [4.78, 5) is 11.4. The van der Waals surface area contributed by atoms with Crippen LogP contribution in [-0.4, -0.2) is 30.0 Å². The van der Waals surface area contributed by atoms with Gasteiger partial charge in [-0.1, -0.05) is 19.8 Å². The quantitative estimate of drug-likeness (QED) is 0.510. The minimum atomic E-state index is -1.41. The van der Waals surface area contributed by atoms with E-state index in [0.717, 1.165) is 25.7 Å².